The quantitative estimate of drug-likeness (QED) is 0.491. The maximum absolute atomic E-state index is 12.0. The Kier molecular flexibility index (Phi) is 7.95. The number of carbonyl (C=O) groups excluding carboxylic acids is 1. The van der Waals surface area contributed by atoms with Crippen molar-refractivity contribution in [1.29, 1.82) is 0 Å². The van der Waals surface area contributed by atoms with Gasteiger partial charge in [0.2, 0.25) is 11.0 Å². The number of anilines is 2. The van der Waals surface area contributed by atoms with Gasteiger partial charge in [-0.15, -0.1) is 10.2 Å². The van der Waals surface area contributed by atoms with Gasteiger partial charge in [0, 0.05) is 31.0 Å². The number of ether oxygens (including phenoxy) is 1. The molecule has 136 valence electrons. The number of rotatable bonds is 9. The van der Waals surface area contributed by atoms with Crippen molar-refractivity contribution in [2.45, 2.75) is 29.9 Å². The lowest BCUT2D eigenvalue weighted by Crippen LogP contribution is -2.32. The zero-order chi connectivity index (χ0) is 18.2. The number of hydrogen-bond donors (Lipinski definition) is 2. The fourth-order valence-corrected chi connectivity index (χ4v) is 4.00. The topological polar surface area (TPSA) is 76.1 Å². The highest BCUT2D eigenvalue weighted by atomic mass is 35.5. The number of benzene rings is 1. The molecule has 0 bridgehead atoms. The molecule has 2 N–H and O–H groups in total. The number of methoxy groups -OCH3 is 1. The Morgan fingerprint density at radius 1 is 1.44 bits per heavy atom. The van der Waals surface area contributed by atoms with E-state index in [2.05, 4.69) is 20.8 Å². The van der Waals surface area contributed by atoms with Gasteiger partial charge in [-0.3, -0.25) is 4.79 Å². The Balaban J connectivity index is 1.85. The minimum Gasteiger partial charge on any atom is -0.385 e. The van der Waals surface area contributed by atoms with Crippen LogP contribution in [0.1, 0.15) is 18.9 Å². The van der Waals surface area contributed by atoms with E-state index in [-0.39, 0.29) is 11.2 Å². The summed E-state index contributed by atoms with van der Waals surface area (Å²) in [4.78, 5) is 12.0. The van der Waals surface area contributed by atoms with E-state index in [1.807, 2.05) is 32.0 Å². The third-order valence-electron chi connectivity index (χ3n) is 3.30. The van der Waals surface area contributed by atoms with E-state index in [0.29, 0.717) is 23.3 Å². The molecule has 2 rings (SSSR count). The summed E-state index contributed by atoms with van der Waals surface area (Å²) < 4.78 is 5.69. The lowest BCUT2D eigenvalue weighted by atomic mass is 10.2. The number of hydrogen-bond acceptors (Lipinski definition) is 7. The molecule has 6 nitrogen and oxygen atoms in total. The number of aromatic nitrogens is 2. The van der Waals surface area contributed by atoms with E-state index < -0.39 is 0 Å². The van der Waals surface area contributed by atoms with Crippen LogP contribution in [0.2, 0.25) is 5.02 Å². The summed E-state index contributed by atoms with van der Waals surface area (Å²) in [6.45, 7) is 5.04. The van der Waals surface area contributed by atoms with Gasteiger partial charge in [0.05, 0.1) is 5.25 Å². The van der Waals surface area contributed by atoms with Crippen molar-refractivity contribution >= 4 is 51.4 Å². The molecule has 0 spiro atoms. The molecule has 0 saturated carbocycles. The molecular formula is C16H21ClN4O2S2. The van der Waals surface area contributed by atoms with E-state index in [0.717, 1.165) is 22.0 Å². The first-order valence-electron chi connectivity index (χ1n) is 7.79. The monoisotopic (exact) mass is 400 g/mol. The van der Waals surface area contributed by atoms with Gasteiger partial charge in [0.25, 0.3) is 0 Å². The molecule has 1 aromatic carbocycles. The maximum Gasteiger partial charge on any atom is 0.233 e. The first-order chi connectivity index (χ1) is 12.0. The minimum absolute atomic E-state index is 0.0175. The van der Waals surface area contributed by atoms with Gasteiger partial charge in [-0.2, -0.15) is 0 Å². The van der Waals surface area contributed by atoms with Gasteiger partial charge >= 0.3 is 0 Å². The van der Waals surface area contributed by atoms with Crippen molar-refractivity contribution in [3.8, 4) is 0 Å². The molecule has 1 aromatic heterocycles. The first-order valence-corrected chi connectivity index (χ1v) is 9.87. The predicted molar refractivity (Wildman–Crippen MR) is 104 cm³/mol. The number of carbonyl (C=O) groups is 1. The SMILES string of the molecule is COCCCNC(=O)C(C)Sc1nnc(Nc2ccc(C)c(Cl)c2)s1. The summed E-state index contributed by atoms with van der Waals surface area (Å²) in [6, 6.07) is 5.73. The number of halogens is 1. The van der Waals surface area contributed by atoms with Gasteiger partial charge in [-0.1, -0.05) is 40.8 Å². The van der Waals surface area contributed by atoms with Crippen LogP contribution in [-0.2, 0) is 9.53 Å². The largest absolute Gasteiger partial charge is 0.385 e. The van der Waals surface area contributed by atoms with Crippen LogP contribution < -0.4 is 10.6 Å². The molecule has 0 fully saturated rings. The summed E-state index contributed by atoms with van der Waals surface area (Å²) in [5.74, 6) is -0.0175. The van der Waals surface area contributed by atoms with Crippen LogP contribution in [0.5, 0.6) is 0 Å². The lowest BCUT2D eigenvalue weighted by molar-refractivity contribution is -0.120. The Bertz CT molecular complexity index is 711. The highest BCUT2D eigenvalue weighted by Crippen LogP contribution is 2.31. The molecule has 1 heterocycles. The number of amides is 1. The standard InChI is InChI=1S/C16H21ClN4O2S2/c1-10-5-6-12(9-13(10)17)19-15-20-21-16(25-15)24-11(2)14(22)18-7-4-8-23-3/h5-6,9,11H,4,7-8H2,1-3H3,(H,18,22)(H,19,20). The molecule has 25 heavy (non-hydrogen) atoms. The van der Waals surface area contributed by atoms with E-state index in [9.17, 15) is 4.79 Å². The van der Waals surface area contributed by atoms with Crippen molar-refractivity contribution in [3.05, 3.63) is 28.8 Å². The van der Waals surface area contributed by atoms with Crippen molar-refractivity contribution in [2.24, 2.45) is 0 Å². The average molecular weight is 401 g/mol. The number of aryl methyl sites for hydroxylation is 1. The predicted octanol–water partition coefficient (Wildman–Crippen LogP) is 3.88. The van der Waals surface area contributed by atoms with Crippen LogP contribution >= 0.6 is 34.7 Å². The molecule has 0 aliphatic heterocycles. The van der Waals surface area contributed by atoms with Crippen LogP contribution in [0, 0.1) is 6.92 Å². The second-order valence-corrected chi connectivity index (χ2v) is 8.33. The van der Waals surface area contributed by atoms with Gasteiger partial charge in [-0.05, 0) is 38.0 Å². The van der Waals surface area contributed by atoms with Gasteiger partial charge in [0.1, 0.15) is 0 Å². The highest BCUT2D eigenvalue weighted by Gasteiger charge is 2.16. The molecule has 0 radical (unpaired) electrons. The summed E-state index contributed by atoms with van der Waals surface area (Å²) >= 11 is 8.91. The summed E-state index contributed by atoms with van der Waals surface area (Å²) in [6.07, 6.45) is 0.797. The molecular weight excluding hydrogens is 380 g/mol. The van der Waals surface area contributed by atoms with E-state index in [1.54, 1.807) is 7.11 Å². The number of nitrogens with zero attached hydrogens (tertiary/aromatic N) is 2. The smallest absolute Gasteiger partial charge is 0.233 e. The Morgan fingerprint density at radius 2 is 2.24 bits per heavy atom. The summed E-state index contributed by atoms with van der Waals surface area (Å²) in [5, 5.41) is 15.4. The maximum atomic E-state index is 12.0. The van der Waals surface area contributed by atoms with Crippen LogP contribution in [-0.4, -0.2) is 41.6 Å². The van der Waals surface area contributed by atoms with Gasteiger partial charge in [-0.25, -0.2) is 0 Å². The Morgan fingerprint density at radius 3 is 2.96 bits per heavy atom. The van der Waals surface area contributed by atoms with Gasteiger partial charge < -0.3 is 15.4 Å². The number of thioether (sulfide) groups is 1. The Hall–Kier alpha value is -1.35. The minimum atomic E-state index is -0.239. The second kappa shape index (κ2) is 9.96. The van der Waals surface area contributed by atoms with Crippen molar-refractivity contribution in [1.82, 2.24) is 15.5 Å². The van der Waals surface area contributed by atoms with Gasteiger partial charge in [0.15, 0.2) is 4.34 Å². The highest BCUT2D eigenvalue weighted by molar-refractivity contribution is 8.02. The third kappa shape index (κ3) is 6.47. The molecule has 0 aliphatic carbocycles. The first kappa shape index (κ1) is 20.0. The van der Waals surface area contributed by atoms with Crippen LogP contribution in [0.25, 0.3) is 0 Å². The molecule has 9 heteroatoms. The Labute approximate surface area is 160 Å². The van der Waals surface area contributed by atoms with Crippen molar-refractivity contribution in [3.63, 3.8) is 0 Å². The summed E-state index contributed by atoms with van der Waals surface area (Å²) in [7, 11) is 1.64. The lowest BCUT2D eigenvalue weighted by Gasteiger charge is -2.09. The van der Waals surface area contributed by atoms with Crippen molar-refractivity contribution in [2.75, 3.05) is 25.6 Å². The van der Waals surface area contributed by atoms with Crippen LogP contribution in [0.4, 0.5) is 10.8 Å². The summed E-state index contributed by atoms with van der Waals surface area (Å²) in [5.41, 5.74) is 1.87. The normalized spacial score (nSPS) is 12.0. The molecule has 1 amide bonds. The fourth-order valence-electron chi connectivity index (χ4n) is 1.88. The molecule has 2 aromatic rings. The van der Waals surface area contributed by atoms with Crippen LogP contribution in [0.15, 0.2) is 22.5 Å². The molecule has 0 saturated heterocycles. The number of nitrogens with one attached hydrogen (secondary N) is 2. The second-order valence-electron chi connectivity index (χ2n) is 5.36. The van der Waals surface area contributed by atoms with Crippen molar-refractivity contribution < 1.29 is 9.53 Å². The van der Waals surface area contributed by atoms with Crippen LogP contribution in [0.3, 0.4) is 0 Å². The molecule has 0 aliphatic rings. The molecule has 1 atom stereocenters. The van der Waals surface area contributed by atoms with E-state index in [1.165, 1.54) is 23.1 Å². The molecule has 1 unspecified atom stereocenters. The van der Waals surface area contributed by atoms with E-state index >= 15 is 0 Å². The zero-order valence-corrected chi connectivity index (χ0v) is 16.7. The van der Waals surface area contributed by atoms with E-state index in [4.69, 9.17) is 16.3 Å². The average Bonchev–Trinajstić information content (AvgIpc) is 3.01. The fraction of sp³-hybridized carbons (Fsp3) is 0.438. The zero-order valence-electron chi connectivity index (χ0n) is 14.3. The third-order valence-corrected chi connectivity index (χ3v) is 5.73.